The van der Waals surface area contributed by atoms with Gasteiger partial charge in [0.1, 0.15) is 11.5 Å². The second-order valence-electron chi connectivity index (χ2n) is 6.79. The van der Waals surface area contributed by atoms with Crippen LogP contribution in [0.3, 0.4) is 0 Å². The molecule has 0 unspecified atom stereocenters. The number of benzene rings is 2. The number of furan rings is 1. The van der Waals surface area contributed by atoms with E-state index in [4.69, 9.17) is 21.1 Å². The predicted molar refractivity (Wildman–Crippen MR) is 118 cm³/mol. The van der Waals surface area contributed by atoms with Crippen molar-refractivity contribution in [2.45, 2.75) is 11.6 Å². The van der Waals surface area contributed by atoms with E-state index in [1.807, 2.05) is 36.4 Å². The SMILES string of the molecule is O=[N+]([O-])c1ccc(-c2ccc(C3=Nn4c(Cc5ccccc5)nnc4SC3)o2)c(Cl)c1. The molecule has 0 saturated heterocycles. The van der Waals surface area contributed by atoms with Gasteiger partial charge in [-0.05, 0) is 23.8 Å². The normalized spacial score (nSPS) is 13.0. The Balaban J connectivity index is 1.44. The first-order chi connectivity index (χ1) is 15.1. The first-order valence-corrected chi connectivity index (χ1v) is 10.7. The van der Waals surface area contributed by atoms with E-state index in [0.29, 0.717) is 29.3 Å². The summed E-state index contributed by atoms with van der Waals surface area (Å²) in [4.78, 5) is 10.4. The van der Waals surface area contributed by atoms with Crippen molar-refractivity contribution in [1.82, 2.24) is 14.9 Å². The zero-order valence-corrected chi connectivity index (χ0v) is 17.5. The topological polar surface area (TPSA) is 99.3 Å². The van der Waals surface area contributed by atoms with Gasteiger partial charge in [0.15, 0.2) is 11.6 Å². The fraction of sp³-hybridized carbons (Fsp3) is 0.0952. The largest absolute Gasteiger partial charge is 0.455 e. The van der Waals surface area contributed by atoms with Crippen molar-refractivity contribution in [1.29, 1.82) is 0 Å². The summed E-state index contributed by atoms with van der Waals surface area (Å²) in [6, 6.07) is 17.9. The van der Waals surface area contributed by atoms with Crippen LogP contribution in [-0.2, 0) is 6.42 Å². The first-order valence-electron chi connectivity index (χ1n) is 9.32. The van der Waals surface area contributed by atoms with Crippen molar-refractivity contribution in [3.05, 3.63) is 92.9 Å². The van der Waals surface area contributed by atoms with Crippen molar-refractivity contribution in [3.63, 3.8) is 0 Å². The lowest BCUT2D eigenvalue weighted by Gasteiger charge is -2.12. The maximum absolute atomic E-state index is 10.9. The maximum atomic E-state index is 10.9. The number of fused-ring (bicyclic) bond motifs is 1. The maximum Gasteiger partial charge on any atom is 0.270 e. The molecule has 0 aliphatic carbocycles. The Morgan fingerprint density at radius 2 is 1.90 bits per heavy atom. The van der Waals surface area contributed by atoms with Crippen LogP contribution in [0.2, 0.25) is 5.02 Å². The van der Waals surface area contributed by atoms with E-state index in [-0.39, 0.29) is 10.7 Å². The second-order valence-corrected chi connectivity index (χ2v) is 8.14. The smallest absolute Gasteiger partial charge is 0.270 e. The Hall–Kier alpha value is -3.43. The van der Waals surface area contributed by atoms with E-state index in [1.54, 1.807) is 16.8 Å². The van der Waals surface area contributed by atoms with E-state index in [1.165, 1.54) is 23.9 Å². The van der Waals surface area contributed by atoms with Gasteiger partial charge in [-0.15, -0.1) is 10.2 Å². The number of non-ortho nitro benzene ring substituents is 1. The van der Waals surface area contributed by atoms with Gasteiger partial charge in [-0.1, -0.05) is 53.7 Å². The molecule has 2 aromatic carbocycles. The molecule has 3 heterocycles. The van der Waals surface area contributed by atoms with Crippen LogP contribution < -0.4 is 0 Å². The van der Waals surface area contributed by atoms with Crippen LogP contribution in [-0.4, -0.2) is 31.3 Å². The van der Waals surface area contributed by atoms with Crippen molar-refractivity contribution in [2.75, 3.05) is 5.75 Å². The molecule has 0 radical (unpaired) electrons. The lowest BCUT2D eigenvalue weighted by molar-refractivity contribution is -0.384. The molecule has 0 atom stereocenters. The third kappa shape index (κ3) is 3.85. The Morgan fingerprint density at radius 3 is 2.68 bits per heavy atom. The van der Waals surface area contributed by atoms with Crippen LogP contribution in [0.5, 0.6) is 0 Å². The molecule has 31 heavy (non-hydrogen) atoms. The fourth-order valence-corrected chi connectivity index (χ4v) is 4.33. The van der Waals surface area contributed by atoms with Crippen LogP contribution in [0.25, 0.3) is 11.3 Å². The van der Waals surface area contributed by atoms with E-state index in [2.05, 4.69) is 10.2 Å². The Bertz CT molecular complexity index is 1320. The summed E-state index contributed by atoms with van der Waals surface area (Å²) in [5, 5.41) is 25.1. The minimum absolute atomic E-state index is 0.0698. The van der Waals surface area contributed by atoms with Crippen molar-refractivity contribution in [3.8, 4) is 11.3 Å². The highest BCUT2D eigenvalue weighted by Crippen LogP contribution is 2.33. The number of aromatic nitrogens is 3. The lowest BCUT2D eigenvalue weighted by Crippen LogP contribution is -2.14. The van der Waals surface area contributed by atoms with Gasteiger partial charge >= 0.3 is 0 Å². The van der Waals surface area contributed by atoms with Gasteiger partial charge in [-0.2, -0.15) is 9.78 Å². The molecule has 0 amide bonds. The van der Waals surface area contributed by atoms with Gasteiger partial charge < -0.3 is 4.42 Å². The van der Waals surface area contributed by atoms with Crippen LogP contribution >= 0.6 is 23.4 Å². The minimum atomic E-state index is -0.485. The molecule has 10 heteroatoms. The van der Waals surface area contributed by atoms with Gasteiger partial charge in [-0.25, -0.2) is 0 Å². The molecule has 0 saturated carbocycles. The molecule has 0 bridgehead atoms. The van der Waals surface area contributed by atoms with Crippen molar-refractivity contribution in [2.24, 2.45) is 5.10 Å². The number of rotatable bonds is 5. The van der Waals surface area contributed by atoms with Gasteiger partial charge in [0.2, 0.25) is 5.16 Å². The predicted octanol–water partition coefficient (Wildman–Crippen LogP) is 5.05. The summed E-state index contributed by atoms with van der Waals surface area (Å²) in [6.07, 6.45) is 0.618. The molecule has 4 aromatic rings. The van der Waals surface area contributed by atoms with Crippen LogP contribution in [0.15, 0.2) is 75.3 Å². The average Bonchev–Trinajstić information content (AvgIpc) is 3.42. The molecule has 1 aliphatic heterocycles. The van der Waals surface area contributed by atoms with Gasteiger partial charge in [-0.3, -0.25) is 10.1 Å². The molecule has 0 fully saturated rings. The highest BCUT2D eigenvalue weighted by molar-refractivity contribution is 7.99. The number of hydrogen-bond donors (Lipinski definition) is 0. The highest BCUT2D eigenvalue weighted by Gasteiger charge is 2.22. The summed E-state index contributed by atoms with van der Waals surface area (Å²) >= 11 is 7.77. The Labute approximate surface area is 185 Å². The standard InChI is InChI=1S/C21H14ClN5O3S/c22-16-11-14(27(28)29)6-7-15(16)18-8-9-19(30-18)17-12-31-21-24-23-20(26(21)25-17)10-13-4-2-1-3-5-13/h1-9,11H,10,12H2. The second kappa shape index (κ2) is 8.01. The molecule has 2 aromatic heterocycles. The highest BCUT2D eigenvalue weighted by atomic mass is 35.5. The Morgan fingerprint density at radius 1 is 1.10 bits per heavy atom. The number of nitro groups is 1. The van der Waals surface area contributed by atoms with Crippen LogP contribution in [0.4, 0.5) is 5.69 Å². The summed E-state index contributed by atoms with van der Waals surface area (Å²) in [7, 11) is 0. The quantitative estimate of drug-likeness (QED) is 0.311. The number of nitrogens with zero attached hydrogens (tertiary/aromatic N) is 5. The monoisotopic (exact) mass is 451 g/mol. The van der Waals surface area contributed by atoms with E-state index >= 15 is 0 Å². The zero-order chi connectivity index (χ0) is 21.4. The van der Waals surface area contributed by atoms with Crippen molar-refractivity contribution >= 4 is 34.8 Å². The number of hydrogen-bond acceptors (Lipinski definition) is 7. The number of nitro benzene ring substituents is 1. The molecular weight excluding hydrogens is 438 g/mol. The van der Waals surface area contributed by atoms with Gasteiger partial charge in [0, 0.05) is 29.9 Å². The van der Waals surface area contributed by atoms with Gasteiger partial charge in [0.05, 0.1) is 9.95 Å². The van der Waals surface area contributed by atoms with Crippen molar-refractivity contribution < 1.29 is 9.34 Å². The summed E-state index contributed by atoms with van der Waals surface area (Å²) in [5.41, 5.74) is 2.38. The molecule has 5 rings (SSSR count). The number of halogens is 1. The summed E-state index contributed by atoms with van der Waals surface area (Å²) < 4.78 is 7.74. The van der Waals surface area contributed by atoms with Crippen LogP contribution in [0.1, 0.15) is 17.1 Å². The average molecular weight is 452 g/mol. The molecule has 0 spiro atoms. The third-order valence-corrected chi connectivity index (χ3v) is 6.00. The molecule has 154 valence electrons. The first kappa shape index (κ1) is 19.5. The molecule has 1 aliphatic rings. The van der Waals surface area contributed by atoms with E-state index in [9.17, 15) is 10.1 Å². The van der Waals surface area contributed by atoms with Crippen LogP contribution in [0, 0.1) is 10.1 Å². The summed E-state index contributed by atoms with van der Waals surface area (Å²) in [6.45, 7) is 0. The Kier molecular flexibility index (Phi) is 5.05. The van der Waals surface area contributed by atoms with E-state index in [0.717, 1.165) is 22.3 Å². The fourth-order valence-electron chi connectivity index (χ4n) is 3.23. The van der Waals surface area contributed by atoms with E-state index < -0.39 is 4.92 Å². The molecular formula is C21H14ClN5O3S. The zero-order valence-electron chi connectivity index (χ0n) is 15.9. The number of thioether (sulfide) groups is 1. The molecule has 8 nitrogen and oxygen atoms in total. The third-order valence-electron chi connectivity index (χ3n) is 4.76. The lowest BCUT2D eigenvalue weighted by atomic mass is 10.1. The minimum Gasteiger partial charge on any atom is -0.455 e. The van der Waals surface area contributed by atoms with Gasteiger partial charge in [0.25, 0.3) is 5.69 Å². The summed E-state index contributed by atoms with van der Waals surface area (Å²) in [5.74, 6) is 2.45. The molecule has 0 N–H and O–H groups in total.